The maximum absolute atomic E-state index is 6.73. The van der Waals surface area contributed by atoms with Crippen molar-refractivity contribution in [2.24, 2.45) is 0 Å². The number of hydrogen-bond acceptors (Lipinski definition) is 4. The number of rotatable bonds is 1. The standard InChI is InChI=1S/C28H23BO4/c1-27(2)28(3,4)33-29(32-27)17-12-13-19-20-10-7-11-21-24(20)25-23(30-21)14-16-8-5-6-9-18(16)26(25)31-22(19)15-17/h5-15H,1-4H3. The Hall–Kier alpha value is -3.28. The van der Waals surface area contributed by atoms with Crippen LogP contribution >= 0.6 is 0 Å². The van der Waals surface area contributed by atoms with E-state index in [0.717, 1.165) is 60.1 Å². The predicted molar refractivity (Wildman–Crippen MR) is 134 cm³/mol. The van der Waals surface area contributed by atoms with Crippen LogP contribution in [0.25, 0.3) is 54.6 Å². The summed E-state index contributed by atoms with van der Waals surface area (Å²) in [7, 11) is -0.447. The second-order valence-corrected chi connectivity index (χ2v) is 10.0. The molecule has 0 amide bonds. The fraction of sp³-hybridized carbons (Fsp3) is 0.214. The van der Waals surface area contributed by atoms with Gasteiger partial charge in [0.25, 0.3) is 0 Å². The van der Waals surface area contributed by atoms with Crippen molar-refractivity contribution in [3.05, 3.63) is 66.7 Å². The first-order valence-electron chi connectivity index (χ1n) is 11.4. The van der Waals surface area contributed by atoms with Crippen molar-refractivity contribution in [3.8, 4) is 0 Å². The van der Waals surface area contributed by atoms with Gasteiger partial charge in [0.1, 0.15) is 22.3 Å². The first-order valence-corrected chi connectivity index (χ1v) is 11.4. The molecule has 3 heterocycles. The van der Waals surface area contributed by atoms with Crippen molar-refractivity contribution in [1.29, 1.82) is 0 Å². The normalized spacial score (nSPS) is 17.9. The highest BCUT2D eigenvalue weighted by molar-refractivity contribution is 6.62. The van der Waals surface area contributed by atoms with Gasteiger partial charge in [0, 0.05) is 16.2 Å². The van der Waals surface area contributed by atoms with Crippen molar-refractivity contribution in [2.75, 3.05) is 0 Å². The third-order valence-corrected chi connectivity index (χ3v) is 7.49. The second-order valence-electron chi connectivity index (χ2n) is 10.0. The third kappa shape index (κ3) is 2.55. The van der Waals surface area contributed by atoms with Gasteiger partial charge in [-0.05, 0) is 62.1 Å². The Morgan fingerprint density at radius 3 is 2.18 bits per heavy atom. The second kappa shape index (κ2) is 6.19. The predicted octanol–water partition coefficient (Wildman–Crippen LogP) is 6.94. The molecular weight excluding hydrogens is 411 g/mol. The van der Waals surface area contributed by atoms with E-state index in [4.69, 9.17) is 18.1 Å². The van der Waals surface area contributed by atoms with Crippen LogP contribution in [-0.2, 0) is 9.31 Å². The van der Waals surface area contributed by atoms with Gasteiger partial charge in [-0.2, -0.15) is 0 Å². The number of hydrogen-bond donors (Lipinski definition) is 0. The number of fused-ring (bicyclic) bond motifs is 4. The van der Waals surface area contributed by atoms with E-state index in [9.17, 15) is 0 Å². The molecule has 4 nitrogen and oxygen atoms in total. The Balaban J connectivity index is 1.60. The molecular formula is C28H23BO4. The van der Waals surface area contributed by atoms with Crippen molar-refractivity contribution in [3.63, 3.8) is 0 Å². The van der Waals surface area contributed by atoms with Crippen LogP contribution in [0.15, 0.2) is 75.6 Å². The zero-order valence-corrected chi connectivity index (χ0v) is 19.1. The molecule has 5 heteroatoms. The van der Waals surface area contributed by atoms with Gasteiger partial charge >= 0.3 is 7.12 Å². The lowest BCUT2D eigenvalue weighted by atomic mass is 9.79. The Bertz CT molecular complexity index is 1720. The minimum absolute atomic E-state index is 0.400. The van der Waals surface area contributed by atoms with E-state index < -0.39 is 18.3 Å². The van der Waals surface area contributed by atoms with E-state index in [1.54, 1.807) is 0 Å². The molecule has 0 unspecified atom stereocenters. The fourth-order valence-corrected chi connectivity index (χ4v) is 5.01. The highest BCUT2D eigenvalue weighted by Crippen LogP contribution is 2.42. The van der Waals surface area contributed by atoms with Gasteiger partial charge in [0.15, 0.2) is 0 Å². The Morgan fingerprint density at radius 1 is 0.606 bits per heavy atom. The van der Waals surface area contributed by atoms with Crippen molar-refractivity contribution in [2.45, 2.75) is 38.9 Å². The van der Waals surface area contributed by atoms with Crippen LogP contribution in [0.5, 0.6) is 0 Å². The summed E-state index contributed by atoms with van der Waals surface area (Å²) in [5.74, 6) is 0. The third-order valence-electron chi connectivity index (χ3n) is 7.49. The summed E-state index contributed by atoms with van der Waals surface area (Å²) in [5.41, 5.74) is 3.48. The molecule has 0 N–H and O–H groups in total. The molecule has 162 valence electrons. The Labute approximate surface area is 191 Å². The van der Waals surface area contributed by atoms with Crippen LogP contribution < -0.4 is 5.46 Å². The van der Waals surface area contributed by atoms with Gasteiger partial charge < -0.3 is 18.1 Å². The molecule has 0 atom stereocenters. The summed E-state index contributed by atoms with van der Waals surface area (Å²) in [6.07, 6.45) is 0. The van der Waals surface area contributed by atoms with Gasteiger partial charge in [0.05, 0.1) is 16.6 Å². The molecule has 2 aromatic heterocycles. The van der Waals surface area contributed by atoms with Gasteiger partial charge in [-0.15, -0.1) is 0 Å². The summed E-state index contributed by atoms with van der Waals surface area (Å²) in [5, 5.41) is 6.41. The quantitative estimate of drug-likeness (QED) is 0.263. The fourth-order valence-electron chi connectivity index (χ4n) is 5.01. The van der Waals surface area contributed by atoms with E-state index in [0.29, 0.717) is 0 Å². The van der Waals surface area contributed by atoms with Gasteiger partial charge in [-0.25, -0.2) is 0 Å². The SMILES string of the molecule is CC1(C)OB(c2ccc3c(c2)oc2c4ccccc4cc4oc5cccc3c5c42)OC1(C)C. The number of benzene rings is 4. The maximum atomic E-state index is 6.73. The van der Waals surface area contributed by atoms with E-state index in [1.807, 2.05) is 24.3 Å². The van der Waals surface area contributed by atoms with Gasteiger partial charge in [-0.1, -0.05) is 48.5 Å². The van der Waals surface area contributed by atoms with Gasteiger partial charge in [-0.3, -0.25) is 0 Å². The van der Waals surface area contributed by atoms with E-state index in [2.05, 4.69) is 70.2 Å². The summed E-state index contributed by atoms with van der Waals surface area (Å²) < 4.78 is 25.6. The molecule has 1 saturated heterocycles. The molecule has 0 aliphatic carbocycles. The maximum Gasteiger partial charge on any atom is 0.494 e. The highest BCUT2D eigenvalue weighted by atomic mass is 16.7. The molecule has 0 bridgehead atoms. The molecule has 4 aromatic carbocycles. The molecule has 0 spiro atoms. The minimum Gasteiger partial charge on any atom is -0.456 e. The van der Waals surface area contributed by atoms with Crippen molar-refractivity contribution >= 4 is 67.2 Å². The van der Waals surface area contributed by atoms with Gasteiger partial charge in [0.2, 0.25) is 0 Å². The Kier molecular flexibility index (Phi) is 3.60. The van der Waals surface area contributed by atoms with Crippen LogP contribution in [0.4, 0.5) is 0 Å². The lowest BCUT2D eigenvalue weighted by Crippen LogP contribution is -2.41. The van der Waals surface area contributed by atoms with E-state index >= 15 is 0 Å². The lowest BCUT2D eigenvalue weighted by Gasteiger charge is -2.32. The van der Waals surface area contributed by atoms with Crippen LogP contribution in [0.1, 0.15) is 27.7 Å². The van der Waals surface area contributed by atoms with Crippen LogP contribution in [0, 0.1) is 0 Å². The molecule has 0 radical (unpaired) electrons. The summed E-state index contributed by atoms with van der Waals surface area (Å²) in [6.45, 7) is 8.28. The Morgan fingerprint density at radius 2 is 1.36 bits per heavy atom. The largest absolute Gasteiger partial charge is 0.494 e. The van der Waals surface area contributed by atoms with Crippen LogP contribution in [0.2, 0.25) is 0 Å². The summed E-state index contributed by atoms with van der Waals surface area (Å²) in [6, 6.07) is 22.8. The van der Waals surface area contributed by atoms with E-state index in [1.165, 1.54) is 0 Å². The first kappa shape index (κ1) is 19.2. The topological polar surface area (TPSA) is 44.7 Å². The van der Waals surface area contributed by atoms with Crippen molar-refractivity contribution in [1.82, 2.24) is 0 Å². The molecule has 7 rings (SSSR count). The average molecular weight is 434 g/mol. The average Bonchev–Trinajstić information content (AvgIpc) is 3.20. The number of furan rings is 1. The van der Waals surface area contributed by atoms with E-state index in [-0.39, 0.29) is 0 Å². The van der Waals surface area contributed by atoms with Crippen molar-refractivity contribution < 1.29 is 18.1 Å². The molecule has 1 aliphatic rings. The molecule has 0 saturated carbocycles. The molecule has 33 heavy (non-hydrogen) atoms. The minimum atomic E-state index is -0.447. The smallest absolute Gasteiger partial charge is 0.456 e. The lowest BCUT2D eigenvalue weighted by molar-refractivity contribution is 0.00578. The first-order chi connectivity index (χ1) is 15.8. The highest BCUT2D eigenvalue weighted by Gasteiger charge is 2.51. The summed E-state index contributed by atoms with van der Waals surface area (Å²) in [4.78, 5) is 0. The molecule has 1 aliphatic heterocycles. The summed E-state index contributed by atoms with van der Waals surface area (Å²) >= 11 is 0. The molecule has 1 fully saturated rings. The zero-order valence-electron chi connectivity index (χ0n) is 19.1. The molecule has 6 aromatic rings. The zero-order chi connectivity index (χ0) is 22.5. The monoisotopic (exact) mass is 434 g/mol. The van der Waals surface area contributed by atoms with Crippen LogP contribution in [-0.4, -0.2) is 18.3 Å². The van der Waals surface area contributed by atoms with Crippen LogP contribution in [0.3, 0.4) is 0 Å².